The number of morpholine rings is 1. The van der Waals surface area contributed by atoms with Crippen molar-refractivity contribution in [2.24, 2.45) is 0 Å². The highest BCUT2D eigenvalue weighted by molar-refractivity contribution is 6.33. The second-order valence-corrected chi connectivity index (χ2v) is 7.05. The van der Waals surface area contributed by atoms with Crippen LogP contribution in [0.25, 0.3) is 0 Å². The molecule has 2 aliphatic heterocycles. The van der Waals surface area contributed by atoms with Crippen molar-refractivity contribution < 1.29 is 23.8 Å². The van der Waals surface area contributed by atoms with Gasteiger partial charge in [0.25, 0.3) is 5.91 Å². The predicted octanol–water partition coefficient (Wildman–Crippen LogP) is 1.69. The molecular formula is C18H22ClFN2O4. The average Bonchev–Trinajstić information content (AvgIpc) is 2.62. The Balaban J connectivity index is 1.71. The van der Waals surface area contributed by atoms with E-state index >= 15 is 0 Å². The van der Waals surface area contributed by atoms with Crippen molar-refractivity contribution in [2.45, 2.75) is 31.4 Å². The Morgan fingerprint density at radius 1 is 1.27 bits per heavy atom. The Bertz CT molecular complexity index is 659. The van der Waals surface area contributed by atoms with Gasteiger partial charge in [-0.2, -0.15) is 0 Å². The summed E-state index contributed by atoms with van der Waals surface area (Å²) in [7, 11) is 0. The van der Waals surface area contributed by atoms with Gasteiger partial charge >= 0.3 is 0 Å². The van der Waals surface area contributed by atoms with Crippen molar-refractivity contribution in [1.29, 1.82) is 0 Å². The van der Waals surface area contributed by atoms with E-state index < -0.39 is 17.8 Å². The minimum atomic E-state index is -0.677. The first-order chi connectivity index (χ1) is 12.5. The number of hydrogen-bond acceptors (Lipinski definition) is 4. The molecule has 3 rings (SSSR count). The van der Waals surface area contributed by atoms with Crippen molar-refractivity contribution in [3.05, 3.63) is 34.6 Å². The Labute approximate surface area is 156 Å². The minimum absolute atomic E-state index is 0.0524. The second-order valence-electron chi connectivity index (χ2n) is 6.64. The molecule has 1 N–H and O–H groups in total. The van der Waals surface area contributed by atoms with Crippen LogP contribution in [0.4, 0.5) is 4.39 Å². The van der Waals surface area contributed by atoms with Gasteiger partial charge < -0.3 is 19.6 Å². The standard InChI is InChI=1S/C18H22ClFN2O4/c19-14-2-1-3-15(20)17(14)18(25)22-8-9-26-11-12(22)10-16(24)21-6-4-13(23)5-7-21/h1-3,12-13,23H,4-11H2. The fourth-order valence-electron chi connectivity index (χ4n) is 3.38. The molecule has 0 bridgehead atoms. The molecule has 1 aromatic carbocycles. The summed E-state index contributed by atoms with van der Waals surface area (Å²) in [6.45, 7) is 1.83. The van der Waals surface area contributed by atoms with Gasteiger partial charge in [0.15, 0.2) is 0 Å². The number of carbonyl (C=O) groups is 2. The topological polar surface area (TPSA) is 70.1 Å². The number of ether oxygens (including phenoxy) is 1. The number of likely N-dealkylation sites (tertiary alicyclic amines) is 1. The lowest BCUT2D eigenvalue weighted by atomic mass is 10.0. The average molecular weight is 385 g/mol. The number of benzene rings is 1. The number of amides is 2. The molecule has 0 aliphatic carbocycles. The van der Waals surface area contributed by atoms with E-state index in [1.165, 1.54) is 23.1 Å². The molecule has 26 heavy (non-hydrogen) atoms. The first-order valence-electron chi connectivity index (χ1n) is 8.76. The van der Waals surface area contributed by atoms with Gasteiger partial charge in [0.05, 0.1) is 35.9 Å². The van der Waals surface area contributed by atoms with Crippen molar-refractivity contribution >= 4 is 23.4 Å². The van der Waals surface area contributed by atoms with Crippen LogP contribution in [0.3, 0.4) is 0 Å². The Hall–Kier alpha value is -1.70. The summed E-state index contributed by atoms with van der Waals surface area (Å²) in [6, 6.07) is 3.64. The molecule has 0 spiro atoms. The zero-order valence-electron chi connectivity index (χ0n) is 14.4. The molecule has 2 heterocycles. The number of carbonyl (C=O) groups excluding carboxylic acids is 2. The number of aliphatic hydroxyl groups is 1. The molecule has 2 fully saturated rings. The number of piperidine rings is 1. The monoisotopic (exact) mass is 384 g/mol. The fraction of sp³-hybridized carbons (Fsp3) is 0.556. The normalized spacial score (nSPS) is 21.7. The van der Waals surface area contributed by atoms with Gasteiger partial charge in [-0.1, -0.05) is 17.7 Å². The molecule has 2 saturated heterocycles. The van der Waals surface area contributed by atoms with Crippen LogP contribution in [0.2, 0.25) is 5.02 Å². The van der Waals surface area contributed by atoms with E-state index in [1.54, 1.807) is 4.90 Å². The fourth-order valence-corrected chi connectivity index (χ4v) is 3.63. The number of halogens is 2. The van der Waals surface area contributed by atoms with Crippen molar-refractivity contribution in [3.8, 4) is 0 Å². The highest BCUT2D eigenvalue weighted by atomic mass is 35.5. The summed E-state index contributed by atoms with van der Waals surface area (Å²) >= 11 is 6.01. The smallest absolute Gasteiger partial charge is 0.258 e. The van der Waals surface area contributed by atoms with Crippen LogP contribution in [0.5, 0.6) is 0 Å². The maximum Gasteiger partial charge on any atom is 0.258 e. The third-order valence-corrected chi connectivity index (χ3v) is 5.21. The maximum atomic E-state index is 14.1. The Morgan fingerprint density at radius 3 is 2.69 bits per heavy atom. The molecule has 0 saturated carbocycles. The summed E-state index contributed by atoms with van der Waals surface area (Å²) < 4.78 is 19.5. The Morgan fingerprint density at radius 2 is 2.00 bits per heavy atom. The SMILES string of the molecule is O=C(CC1COCCN1C(=O)c1c(F)cccc1Cl)N1CCC(O)CC1. The molecule has 6 nitrogen and oxygen atoms in total. The summed E-state index contributed by atoms with van der Waals surface area (Å²) in [4.78, 5) is 28.6. The highest BCUT2D eigenvalue weighted by Gasteiger charge is 2.33. The predicted molar refractivity (Wildman–Crippen MR) is 93.5 cm³/mol. The molecule has 1 atom stereocenters. The Kier molecular flexibility index (Phi) is 6.11. The molecule has 8 heteroatoms. The molecule has 1 unspecified atom stereocenters. The van der Waals surface area contributed by atoms with Gasteiger partial charge in [-0.05, 0) is 25.0 Å². The van der Waals surface area contributed by atoms with E-state index in [9.17, 15) is 19.1 Å². The largest absolute Gasteiger partial charge is 0.393 e. The summed E-state index contributed by atoms with van der Waals surface area (Å²) in [6.07, 6.45) is 0.854. The number of nitrogens with zero attached hydrogens (tertiary/aromatic N) is 2. The first kappa shape index (κ1) is 19.1. The maximum absolute atomic E-state index is 14.1. The zero-order valence-corrected chi connectivity index (χ0v) is 15.1. The van der Waals surface area contributed by atoms with Crippen LogP contribution in [-0.2, 0) is 9.53 Å². The van der Waals surface area contributed by atoms with Crippen LogP contribution in [-0.4, -0.2) is 71.7 Å². The van der Waals surface area contributed by atoms with Crippen LogP contribution in [0, 0.1) is 5.82 Å². The first-order valence-corrected chi connectivity index (χ1v) is 9.13. The van der Waals surface area contributed by atoms with Crippen molar-refractivity contribution in [1.82, 2.24) is 9.80 Å². The van der Waals surface area contributed by atoms with E-state index in [0.717, 1.165) is 0 Å². The van der Waals surface area contributed by atoms with Gasteiger partial charge in [-0.15, -0.1) is 0 Å². The zero-order chi connectivity index (χ0) is 18.7. The molecule has 0 radical (unpaired) electrons. The van der Waals surface area contributed by atoms with Gasteiger partial charge in [-0.25, -0.2) is 4.39 Å². The highest BCUT2D eigenvalue weighted by Crippen LogP contribution is 2.24. The number of hydrogen-bond donors (Lipinski definition) is 1. The molecular weight excluding hydrogens is 363 g/mol. The second kappa shape index (κ2) is 8.33. The lowest BCUT2D eigenvalue weighted by molar-refractivity contribution is -0.135. The lowest BCUT2D eigenvalue weighted by Crippen LogP contribution is -2.51. The quantitative estimate of drug-likeness (QED) is 0.861. The van der Waals surface area contributed by atoms with E-state index in [4.69, 9.17) is 16.3 Å². The minimum Gasteiger partial charge on any atom is -0.393 e. The van der Waals surface area contributed by atoms with E-state index in [1.807, 2.05) is 0 Å². The molecule has 2 aliphatic rings. The van der Waals surface area contributed by atoms with Gasteiger partial charge in [0, 0.05) is 26.1 Å². The van der Waals surface area contributed by atoms with Gasteiger partial charge in [-0.3, -0.25) is 9.59 Å². The molecule has 2 amide bonds. The third-order valence-electron chi connectivity index (χ3n) is 4.89. The van der Waals surface area contributed by atoms with Gasteiger partial charge in [0.2, 0.25) is 5.91 Å². The van der Waals surface area contributed by atoms with Crippen LogP contribution in [0.15, 0.2) is 18.2 Å². The van der Waals surface area contributed by atoms with Crippen LogP contribution >= 0.6 is 11.6 Å². The number of aliphatic hydroxyl groups excluding tert-OH is 1. The van der Waals surface area contributed by atoms with E-state index in [0.29, 0.717) is 32.5 Å². The summed E-state index contributed by atoms with van der Waals surface area (Å²) in [5, 5.41) is 9.62. The lowest BCUT2D eigenvalue weighted by Gasteiger charge is -2.37. The molecule has 142 valence electrons. The van der Waals surface area contributed by atoms with Crippen LogP contribution < -0.4 is 0 Å². The molecule has 0 aromatic heterocycles. The van der Waals surface area contributed by atoms with E-state index in [-0.39, 0.29) is 42.2 Å². The molecule has 1 aromatic rings. The third kappa shape index (κ3) is 4.16. The summed E-state index contributed by atoms with van der Waals surface area (Å²) in [5.41, 5.74) is -0.172. The number of rotatable bonds is 3. The van der Waals surface area contributed by atoms with Gasteiger partial charge in [0.1, 0.15) is 5.82 Å². The van der Waals surface area contributed by atoms with Crippen molar-refractivity contribution in [3.63, 3.8) is 0 Å². The van der Waals surface area contributed by atoms with Crippen molar-refractivity contribution in [2.75, 3.05) is 32.8 Å². The summed E-state index contributed by atoms with van der Waals surface area (Å²) in [5.74, 6) is -1.29. The van der Waals surface area contributed by atoms with E-state index in [2.05, 4.69) is 0 Å². The van der Waals surface area contributed by atoms with Crippen LogP contribution in [0.1, 0.15) is 29.6 Å².